The predicted octanol–water partition coefficient (Wildman–Crippen LogP) is 2.74. The van der Waals surface area contributed by atoms with E-state index in [1.54, 1.807) is 11.3 Å². The van der Waals surface area contributed by atoms with Crippen molar-refractivity contribution in [2.24, 2.45) is 5.92 Å². The molecule has 1 unspecified atom stereocenters. The Balaban J connectivity index is 1.24. The van der Waals surface area contributed by atoms with Crippen molar-refractivity contribution >= 4 is 38.5 Å². The fraction of sp³-hybridized carbons (Fsp3) is 0.571. The van der Waals surface area contributed by atoms with Crippen LogP contribution in [0.5, 0.6) is 0 Å². The largest absolute Gasteiger partial charge is 0.346 e. The van der Waals surface area contributed by atoms with Crippen LogP contribution in [-0.4, -0.2) is 65.4 Å². The molecule has 2 aliphatic heterocycles. The number of amides is 2. The first kappa shape index (κ1) is 17.9. The summed E-state index contributed by atoms with van der Waals surface area (Å²) in [7, 11) is 0. The number of aromatic nitrogens is 1. The highest BCUT2D eigenvalue weighted by Gasteiger charge is 2.39. The van der Waals surface area contributed by atoms with E-state index in [2.05, 4.69) is 17.0 Å². The van der Waals surface area contributed by atoms with Gasteiger partial charge in [0.2, 0.25) is 11.8 Å². The molecule has 3 fully saturated rings. The van der Waals surface area contributed by atoms with E-state index in [-0.39, 0.29) is 17.7 Å². The molecule has 2 aromatic rings. The van der Waals surface area contributed by atoms with Gasteiger partial charge in [0.25, 0.3) is 0 Å². The lowest BCUT2D eigenvalue weighted by atomic mass is 9.95. The average Bonchev–Trinajstić information content (AvgIpc) is 3.50. The first-order valence-corrected chi connectivity index (χ1v) is 11.2. The van der Waals surface area contributed by atoms with Crippen LogP contribution in [0.3, 0.4) is 0 Å². The maximum atomic E-state index is 13.1. The third-order valence-corrected chi connectivity index (χ3v) is 7.24. The number of anilines is 1. The molecule has 0 radical (unpaired) electrons. The number of likely N-dealkylation sites (tertiary alicyclic amines) is 1. The Labute approximate surface area is 169 Å². The number of hydrogen-bond acceptors (Lipinski definition) is 5. The summed E-state index contributed by atoms with van der Waals surface area (Å²) in [5.41, 5.74) is 1.05. The second-order valence-corrected chi connectivity index (χ2v) is 9.15. The van der Waals surface area contributed by atoms with Crippen molar-refractivity contribution in [2.75, 3.05) is 37.6 Å². The van der Waals surface area contributed by atoms with E-state index < -0.39 is 0 Å². The minimum absolute atomic E-state index is 0.0210. The highest BCUT2D eigenvalue weighted by atomic mass is 32.1. The number of fused-ring (bicyclic) bond motifs is 1. The Morgan fingerprint density at radius 3 is 2.75 bits per heavy atom. The summed E-state index contributed by atoms with van der Waals surface area (Å²) in [6, 6.07) is 8.64. The number of para-hydroxylation sites is 1. The first-order valence-electron chi connectivity index (χ1n) is 10.4. The number of rotatable bonds is 3. The van der Waals surface area contributed by atoms with Crippen LogP contribution in [0.1, 0.15) is 32.1 Å². The molecule has 3 aliphatic rings. The third-order valence-electron chi connectivity index (χ3n) is 6.14. The van der Waals surface area contributed by atoms with Gasteiger partial charge in [-0.05, 0) is 37.8 Å². The molecule has 2 saturated heterocycles. The van der Waals surface area contributed by atoms with Gasteiger partial charge in [-0.3, -0.25) is 9.59 Å². The van der Waals surface area contributed by atoms with Gasteiger partial charge in [0, 0.05) is 45.2 Å². The minimum Gasteiger partial charge on any atom is -0.346 e. The first-order chi connectivity index (χ1) is 13.7. The van der Waals surface area contributed by atoms with E-state index in [1.807, 2.05) is 21.9 Å². The van der Waals surface area contributed by atoms with Gasteiger partial charge < -0.3 is 14.7 Å². The zero-order chi connectivity index (χ0) is 19.1. The van der Waals surface area contributed by atoms with Gasteiger partial charge in [0.1, 0.15) is 0 Å². The maximum Gasteiger partial charge on any atom is 0.227 e. The van der Waals surface area contributed by atoms with Gasteiger partial charge in [-0.2, -0.15) is 0 Å². The highest BCUT2D eigenvalue weighted by Crippen LogP contribution is 2.33. The topological polar surface area (TPSA) is 56.8 Å². The molecule has 0 bridgehead atoms. The molecular formula is C21H26N4O2S. The lowest BCUT2D eigenvalue weighted by molar-refractivity contribution is -0.143. The van der Waals surface area contributed by atoms with Crippen molar-refractivity contribution in [3.05, 3.63) is 24.3 Å². The SMILES string of the molecule is O=C(C1CCC(=O)N(C2CC2)C1)N1CCCN(c2nc3ccccc3s2)CC1. The Morgan fingerprint density at radius 2 is 1.93 bits per heavy atom. The lowest BCUT2D eigenvalue weighted by Gasteiger charge is -2.34. The van der Waals surface area contributed by atoms with E-state index in [0.29, 0.717) is 25.4 Å². The quantitative estimate of drug-likeness (QED) is 0.798. The summed E-state index contributed by atoms with van der Waals surface area (Å²) in [4.78, 5) is 36.4. The van der Waals surface area contributed by atoms with Gasteiger partial charge in [-0.1, -0.05) is 23.5 Å². The molecule has 1 atom stereocenters. The molecule has 5 rings (SSSR count). The second-order valence-electron chi connectivity index (χ2n) is 8.14. The van der Waals surface area contributed by atoms with Gasteiger partial charge in [-0.15, -0.1) is 0 Å². The summed E-state index contributed by atoms with van der Waals surface area (Å²) >= 11 is 1.73. The van der Waals surface area contributed by atoms with Gasteiger partial charge in [-0.25, -0.2) is 4.98 Å². The highest BCUT2D eigenvalue weighted by molar-refractivity contribution is 7.22. The summed E-state index contributed by atoms with van der Waals surface area (Å²) in [5, 5.41) is 1.05. The fourth-order valence-corrected chi connectivity index (χ4v) is 5.41. The number of thiazole rings is 1. The number of carbonyl (C=O) groups is 2. The van der Waals surface area contributed by atoms with Crippen LogP contribution in [0.25, 0.3) is 10.2 Å². The van der Waals surface area contributed by atoms with Crippen LogP contribution in [0.15, 0.2) is 24.3 Å². The van der Waals surface area contributed by atoms with Gasteiger partial charge >= 0.3 is 0 Å². The predicted molar refractivity (Wildman–Crippen MR) is 110 cm³/mol. The van der Waals surface area contributed by atoms with E-state index in [0.717, 1.165) is 56.1 Å². The Morgan fingerprint density at radius 1 is 1.07 bits per heavy atom. The molecule has 1 saturated carbocycles. The summed E-state index contributed by atoms with van der Waals surface area (Å²) in [5.74, 6) is 0.459. The minimum atomic E-state index is -0.0210. The number of benzene rings is 1. The van der Waals surface area contributed by atoms with Gasteiger partial charge in [0.15, 0.2) is 5.13 Å². The molecule has 28 heavy (non-hydrogen) atoms. The smallest absolute Gasteiger partial charge is 0.227 e. The molecule has 0 spiro atoms. The van der Waals surface area contributed by atoms with Crippen LogP contribution in [0.2, 0.25) is 0 Å². The molecule has 148 valence electrons. The van der Waals surface area contributed by atoms with Crippen molar-refractivity contribution in [3.8, 4) is 0 Å². The molecule has 1 aliphatic carbocycles. The molecule has 2 amide bonds. The van der Waals surface area contributed by atoms with E-state index in [1.165, 1.54) is 4.70 Å². The van der Waals surface area contributed by atoms with E-state index >= 15 is 0 Å². The van der Waals surface area contributed by atoms with Crippen LogP contribution in [0, 0.1) is 5.92 Å². The zero-order valence-corrected chi connectivity index (χ0v) is 16.9. The van der Waals surface area contributed by atoms with Crippen LogP contribution in [-0.2, 0) is 9.59 Å². The zero-order valence-electron chi connectivity index (χ0n) is 16.0. The van der Waals surface area contributed by atoms with Crippen molar-refractivity contribution in [3.63, 3.8) is 0 Å². The number of hydrogen-bond donors (Lipinski definition) is 0. The molecule has 3 heterocycles. The summed E-state index contributed by atoms with van der Waals surface area (Å²) in [6.07, 6.45) is 4.40. The molecule has 0 N–H and O–H groups in total. The summed E-state index contributed by atoms with van der Waals surface area (Å²) < 4.78 is 1.21. The number of nitrogens with zero attached hydrogens (tertiary/aromatic N) is 4. The second kappa shape index (κ2) is 7.35. The van der Waals surface area contributed by atoms with E-state index in [9.17, 15) is 9.59 Å². The maximum absolute atomic E-state index is 13.1. The monoisotopic (exact) mass is 398 g/mol. The molecule has 6 nitrogen and oxygen atoms in total. The van der Waals surface area contributed by atoms with E-state index in [4.69, 9.17) is 4.98 Å². The van der Waals surface area contributed by atoms with Crippen molar-refractivity contribution in [2.45, 2.75) is 38.1 Å². The Bertz CT molecular complexity index is 860. The normalized spacial score (nSPS) is 23.9. The fourth-order valence-electron chi connectivity index (χ4n) is 4.39. The average molecular weight is 399 g/mol. The van der Waals surface area contributed by atoms with Crippen LogP contribution >= 0.6 is 11.3 Å². The Hall–Kier alpha value is -2.15. The number of piperidine rings is 1. The molecule has 7 heteroatoms. The van der Waals surface area contributed by atoms with Gasteiger partial charge in [0.05, 0.1) is 16.1 Å². The molecule has 1 aromatic carbocycles. The van der Waals surface area contributed by atoms with Crippen LogP contribution < -0.4 is 4.90 Å². The summed E-state index contributed by atoms with van der Waals surface area (Å²) in [6.45, 7) is 3.92. The standard InChI is InChI=1S/C21H26N4O2S/c26-19-9-6-15(14-25(19)16-7-8-16)20(27)23-10-3-11-24(13-12-23)21-22-17-4-1-2-5-18(17)28-21/h1-2,4-5,15-16H,3,6-14H2. The third kappa shape index (κ3) is 3.48. The van der Waals surface area contributed by atoms with Crippen LogP contribution in [0.4, 0.5) is 5.13 Å². The number of carbonyl (C=O) groups excluding carboxylic acids is 2. The molecule has 1 aromatic heterocycles. The lowest BCUT2D eigenvalue weighted by Crippen LogP contribution is -2.48. The van der Waals surface area contributed by atoms with Crippen molar-refractivity contribution in [1.82, 2.24) is 14.8 Å². The molecular weight excluding hydrogens is 372 g/mol. The van der Waals surface area contributed by atoms with Crippen molar-refractivity contribution < 1.29 is 9.59 Å². The Kier molecular flexibility index (Phi) is 4.70. The van der Waals surface area contributed by atoms with Crippen molar-refractivity contribution in [1.29, 1.82) is 0 Å².